The maximum absolute atomic E-state index is 12.4. The van der Waals surface area contributed by atoms with E-state index in [4.69, 9.17) is 4.74 Å². The molecule has 24 heavy (non-hydrogen) atoms. The van der Waals surface area contributed by atoms with Gasteiger partial charge in [0.05, 0.1) is 5.69 Å². The lowest BCUT2D eigenvalue weighted by atomic mass is 9.84. The summed E-state index contributed by atoms with van der Waals surface area (Å²) in [6.45, 7) is 10.3. The lowest BCUT2D eigenvalue weighted by Crippen LogP contribution is -2.32. The summed E-state index contributed by atoms with van der Waals surface area (Å²) < 4.78 is 5.93. The number of anilines is 1. The Bertz CT molecular complexity index is 522. The Kier molecular flexibility index (Phi) is 8.04. The van der Waals surface area contributed by atoms with E-state index in [1.54, 1.807) is 0 Å². The highest BCUT2D eigenvalue weighted by molar-refractivity contribution is 5.92. The molecule has 4 nitrogen and oxygen atoms in total. The maximum Gasteiger partial charge on any atom is 0.224 e. The number of para-hydroxylation sites is 2. The van der Waals surface area contributed by atoms with Crippen molar-refractivity contribution >= 4 is 24.0 Å². The Balaban J connectivity index is 0.00000288. The second-order valence-electron chi connectivity index (χ2n) is 7.53. The number of halogens is 1. The van der Waals surface area contributed by atoms with E-state index in [1.165, 1.54) is 0 Å². The van der Waals surface area contributed by atoms with Gasteiger partial charge in [0.1, 0.15) is 11.4 Å². The summed E-state index contributed by atoms with van der Waals surface area (Å²) in [5.41, 5.74) is 0.466. The van der Waals surface area contributed by atoms with E-state index in [1.807, 2.05) is 45.0 Å². The van der Waals surface area contributed by atoms with Crippen molar-refractivity contribution in [2.45, 2.75) is 52.6 Å². The van der Waals surface area contributed by atoms with Gasteiger partial charge in [-0.3, -0.25) is 4.79 Å². The molecule has 2 rings (SSSR count). The van der Waals surface area contributed by atoms with E-state index in [-0.39, 0.29) is 23.9 Å². The molecule has 0 bridgehead atoms. The van der Waals surface area contributed by atoms with Crippen molar-refractivity contribution in [3.8, 4) is 5.75 Å². The molecule has 1 heterocycles. The first-order valence-corrected chi connectivity index (χ1v) is 8.64. The molecule has 0 saturated carbocycles. The monoisotopic (exact) mass is 354 g/mol. The van der Waals surface area contributed by atoms with Crippen molar-refractivity contribution in [3.05, 3.63) is 24.3 Å². The zero-order valence-electron chi connectivity index (χ0n) is 15.2. The normalized spacial score (nSPS) is 16.8. The average molecular weight is 355 g/mol. The molecule has 136 valence electrons. The second kappa shape index (κ2) is 9.28. The molecule has 1 amide bonds. The van der Waals surface area contributed by atoms with Gasteiger partial charge in [-0.05, 0) is 70.7 Å². The number of nitrogens with one attached hydrogen (secondary N) is 2. The van der Waals surface area contributed by atoms with Gasteiger partial charge in [0.2, 0.25) is 5.91 Å². The Morgan fingerprint density at radius 1 is 1.29 bits per heavy atom. The van der Waals surface area contributed by atoms with Crippen molar-refractivity contribution in [2.24, 2.45) is 11.8 Å². The fourth-order valence-corrected chi connectivity index (χ4v) is 3.06. The van der Waals surface area contributed by atoms with Crippen LogP contribution < -0.4 is 15.4 Å². The summed E-state index contributed by atoms with van der Waals surface area (Å²) in [5.74, 6) is 1.85. The Labute approximate surface area is 152 Å². The van der Waals surface area contributed by atoms with Crippen LogP contribution in [0.5, 0.6) is 5.75 Å². The molecular weight excluding hydrogens is 324 g/mol. The highest BCUT2D eigenvalue weighted by Crippen LogP contribution is 2.29. The lowest BCUT2D eigenvalue weighted by Gasteiger charge is -2.28. The molecule has 1 aromatic carbocycles. The highest BCUT2D eigenvalue weighted by atomic mass is 35.5. The van der Waals surface area contributed by atoms with Crippen LogP contribution in [0.15, 0.2) is 24.3 Å². The number of amides is 1. The first-order chi connectivity index (χ1) is 10.8. The molecule has 5 heteroatoms. The number of hydrogen-bond donors (Lipinski definition) is 2. The summed E-state index contributed by atoms with van der Waals surface area (Å²) in [5, 5.41) is 6.40. The Morgan fingerprint density at radius 3 is 2.54 bits per heavy atom. The Morgan fingerprint density at radius 2 is 1.92 bits per heavy atom. The molecule has 1 saturated heterocycles. The van der Waals surface area contributed by atoms with Gasteiger partial charge in [0.25, 0.3) is 0 Å². The molecule has 0 aromatic heterocycles. The van der Waals surface area contributed by atoms with Crippen LogP contribution in [0.25, 0.3) is 0 Å². The van der Waals surface area contributed by atoms with Crippen LogP contribution in [-0.2, 0) is 4.79 Å². The summed E-state index contributed by atoms with van der Waals surface area (Å²) in [7, 11) is 0. The van der Waals surface area contributed by atoms with Gasteiger partial charge in [-0.25, -0.2) is 0 Å². The van der Waals surface area contributed by atoms with Gasteiger partial charge in [-0.15, -0.1) is 12.4 Å². The van der Waals surface area contributed by atoms with Crippen LogP contribution >= 0.6 is 12.4 Å². The van der Waals surface area contributed by atoms with Gasteiger partial charge < -0.3 is 15.4 Å². The van der Waals surface area contributed by atoms with E-state index in [2.05, 4.69) is 17.6 Å². The molecule has 1 aromatic rings. The molecule has 0 aliphatic carbocycles. The molecule has 0 radical (unpaired) electrons. The van der Waals surface area contributed by atoms with E-state index in [0.29, 0.717) is 18.3 Å². The maximum atomic E-state index is 12.4. The summed E-state index contributed by atoms with van der Waals surface area (Å²) in [4.78, 5) is 12.4. The van der Waals surface area contributed by atoms with E-state index in [9.17, 15) is 4.79 Å². The number of piperidine rings is 1. The predicted molar refractivity (Wildman–Crippen MR) is 102 cm³/mol. The van der Waals surface area contributed by atoms with Crippen molar-refractivity contribution in [3.63, 3.8) is 0 Å². The fraction of sp³-hybridized carbons (Fsp3) is 0.632. The largest absolute Gasteiger partial charge is 0.486 e. The minimum Gasteiger partial charge on any atom is -0.486 e. The molecule has 1 fully saturated rings. The number of ether oxygens (including phenoxy) is 1. The van der Waals surface area contributed by atoms with Crippen molar-refractivity contribution < 1.29 is 9.53 Å². The first kappa shape index (κ1) is 20.8. The zero-order valence-corrected chi connectivity index (χ0v) is 16.0. The van der Waals surface area contributed by atoms with Crippen molar-refractivity contribution in [1.82, 2.24) is 5.32 Å². The van der Waals surface area contributed by atoms with Crippen LogP contribution in [0.1, 0.15) is 47.0 Å². The van der Waals surface area contributed by atoms with Gasteiger partial charge in [-0.1, -0.05) is 19.1 Å². The fourth-order valence-electron chi connectivity index (χ4n) is 3.06. The molecule has 0 spiro atoms. The topological polar surface area (TPSA) is 50.4 Å². The summed E-state index contributed by atoms with van der Waals surface area (Å²) in [6, 6.07) is 7.64. The van der Waals surface area contributed by atoms with Crippen molar-refractivity contribution in [1.29, 1.82) is 0 Å². The third-order valence-electron chi connectivity index (χ3n) is 4.27. The molecule has 2 N–H and O–H groups in total. The number of hydrogen-bond acceptors (Lipinski definition) is 3. The third kappa shape index (κ3) is 6.70. The molecular formula is C19H31ClN2O2. The second-order valence-corrected chi connectivity index (χ2v) is 7.53. The standard InChI is InChI=1S/C19H30N2O2.ClH/c1-14(15-9-11-20-12-10-15)13-18(22)21-16-7-5-6-8-17(16)23-19(2,3)4;/h5-8,14-15,20H,9-13H2,1-4H3,(H,21,22);1H. The average Bonchev–Trinajstić information content (AvgIpc) is 2.48. The van der Waals surface area contributed by atoms with Crippen molar-refractivity contribution in [2.75, 3.05) is 18.4 Å². The van der Waals surface area contributed by atoms with Crippen LogP contribution in [-0.4, -0.2) is 24.6 Å². The number of carbonyl (C=O) groups is 1. The number of benzene rings is 1. The van der Waals surface area contributed by atoms with E-state index < -0.39 is 0 Å². The quantitative estimate of drug-likeness (QED) is 0.831. The zero-order chi connectivity index (χ0) is 16.9. The van der Waals surface area contributed by atoms with E-state index >= 15 is 0 Å². The van der Waals surface area contributed by atoms with Crippen LogP contribution in [0.4, 0.5) is 5.69 Å². The number of carbonyl (C=O) groups excluding carboxylic acids is 1. The SMILES string of the molecule is CC(CC(=O)Nc1ccccc1OC(C)(C)C)C1CCNCC1.Cl. The van der Waals surface area contributed by atoms with Crippen LogP contribution in [0, 0.1) is 11.8 Å². The predicted octanol–water partition coefficient (Wildman–Crippen LogP) is 4.25. The third-order valence-corrected chi connectivity index (χ3v) is 4.27. The summed E-state index contributed by atoms with van der Waals surface area (Å²) in [6.07, 6.45) is 2.89. The Hall–Kier alpha value is -1.26. The van der Waals surface area contributed by atoms with Gasteiger partial charge >= 0.3 is 0 Å². The van der Waals surface area contributed by atoms with Crippen LogP contribution in [0.2, 0.25) is 0 Å². The minimum absolute atomic E-state index is 0. The minimum atomic E-state index is -0.288. The van der Waals surface area contributed by atoms with Gasteiger partial charge in [0.15, 0.2) is 0 Å². The highest BCUT2D eigenvalue weighted by Gasteiger charge is 2.22. The summed E-state index contributed by atoms with van der Waals surface area (Å²) >= 11 is 0. The smallest absolute Gasteiger partial charge is 0.224 e. The lowest BCUT2D eigenvalue weighted by molar-refractivity contribution is -0.117. The van der Waals surface area contributed by atoms with E-state index in [0.717, 1.165) is 37.4 Å². The van der Waals surface area contributed by atoms with Crippen LogP contribution in [0.3, 0.4) is 0 Å². The first-order valence-electron chi connectivity index (χ1n) is 8.64. The van der Waals surface area contributed by atoms with Gasteiger partial charge in [-0.2, -0.15) is 0 Å². The number of rotatable bonds is 5. The molecule has 1 atom stereocenters. The molecule has 1 unspecified atom stereocenters. The van der Waals surface area contributed by atoms with Gasteiger partial charge in [0, 0.05) is 6.42 Å². The molecule has 1 aliphatic rings. The molecule has 1 aliphatic heterocycles.